The fourth-order valence-electron chi connectivity index (χ4n) is 2.37. The first kappa shape index (κ1) is 15.6. The molecule has 1 aromatic rings. The topological polar surface area (TPSA) is 64.7 Å². The molecule has 0 aliphatic carbocycles. The fraction of sp³-hybridized carbons (Fsp3) is 0.500. The molecular weight excluding hydrogens is 271 g/mol. The molecule has 1 aliphatic heterocycles. The smallest absolute Gasteiger partial charge is 0.139 e. The normalized spacial score (nSPS) is 22.2. The molecule has 1 aliphatic rings. The number of benzene rings is 1. The number of amidine groups is 1. The number of rotatable bonds is 4. The van der Waals surface area contributed by atoms with E-state index in [9.17, 15) is 9.18 Å². The number of Topliss-reactive ketones (excluding diaryl/α,β-unsaturated/α-hetero) is 1. The first-order valence-electron chi connectivity index (χ1n) is 7.05. The number of nitrogens with zero attached hydrogens (tertiary/aromatic N) is 1. The highest BCUT2D eigenvalue weighted by molar-refractivity contribution is 5.83. The van der Waals surface area contributed by atoms with E-state index in [0.717, 1.165) is 5.56 Å². The molecule has 0 saturated heterocycles. The van der Waals surface area contributed by atoms with Gasteiger partial charge in [-0.05, 0) is 24.6 Å². The van der Waals surface area contributed by atoms with E-state index in [1.54, 1.807) is 19.1 Å². The van der Waals surface area contributed by atoms with Crippen LogP contribution in [0.5, 0.6) is 0 Å². The molecule has 0 amide bonds. The standard InChI is InChI=1S/C16H21FN2O2/c1-10(2)14(20)7-11-4-5-13(17)12(6-11)16(3)9-21-8-15(18)19-16/h4-6,10H,7-9H2,1-3H3,(H2,18,19)/t16-/m0/s1. The molecule has 114 valence electrons. The molecule has 0 aromatic heterocycles. The summed E-state index contributed by atoms with van der Waals surface area (Å²) in [6.07, 6.45) is 0.293. The minimum Gasteiger partial charge on any atom is -0.386 e. The van der Waals surface area contributed by atoms with Crippen molar-refractivity contribution in [1.29, 1.82) is 0 Å². The maximum absolute atomic E-state index is 14.2. The van der Waals surface area contributed by atoms with Crippen molar-refractivity contribution in [2.75, 3.05) is 13.2 Å². The zero-order valence-electron chi connectivity index (χ0n) is 12.6. The van der Waals surface area contributed by atoms with Crippen molar-refractivity contribution in [1.82, 2.24) is 0 Å². The second-order valence-electron chi connectivity index (χ2n) is 5.98. The average Bonchev–Trinajstić information content (AvgIpc) is 2.40. The Kier molecular flexibility index (Phi) is 4.42. The van der Waals surface area contributed by atoms with Crippen LogP contribution in [0.25, 0.3) is 0 Å². The highest BCUT2D eigenvalue weighted by Crippen LogP contribution is 2.31. The van der Waals surface area contributed by atoms with Crippen LogP contribution in [0.1, 0.15) is 31.9 Å². The quantitative estimate of drug-likeness (QED) is 0.925. The van der Waals surface area contributed by atoms with Crippen LogP contribution in [0.2, 0.25) is 0 Å². The molecule has 0 radical (unpaired) electrons. The third-order valence-electron chi connectivity index (χ3n) is 3.66. The van der Waals surface area contributed by atoms with Gasteiger partial charge in [0.15, 0.2) is 0 Å². The van der Waals surface area contributed by atoms with Gasteiger partial charge in [-0.15, -0.1) is 0 Å². The van der Waals surface area contributed by atoms with Crippen LogP contribution in [0.15, 0.2) is 23.2 Å². The monoisotopic (exact) mass is 292 g/mol. The van der Waals surface area contributed by atoms with Crippen LogP contribution < -0.4 is 5.73 Å². The van der Waals surface area contributed by atoms with E-state index < -0.39 is 5.54 Å². The lowest BCUT2D eigenvalue weighted by molar-refractivity contribution is -0.121. The molecular formula is C16H21FN2O2. The SMILES string of the molecule is CC(C)C(=O)Cc1ccc(F)c([C@]2(C)COCC(N)=N2)c1. The number of nitrogens with two attached hydrogens (primary N) is 1. The van der Waals surface area contributed by atoms with Crippen LogP contribution in [0.4, 0.5) is 4.39 Å². The third kappa shape index (κ3) is 3.47. The Balaban J connectivity index is 2.35. The van der Waals surface area contributed by atoms with Crippen molar-refractivity contribution < 1.29 is 13.9 Å². The molecule has 1 atom stereocenters. The fourth-order valence-corrected chi connectivity index (χ4v) is 2.37. The number of ether oxygens (including phenoxy) is 1. The first-order chi connectivity index (χ1) is 9.82. The molecule has 0 unspecified atom stereocenters. The van der Waals surface area contributed by atoms with Crippen molar-refractivity contribution >= 4 is 11.6 Å². The van der Waals surface area contributed by atoms with Gasteiger partial charge in [-0.25, -0.2) is 4.39 Å². The van der Waals surface area contributed by atoms with Crippen LogP contribution in [-0.2, 0) is 21.5 Å². The largest absolute Gasteiger partial charge is 0.386 e. The van der Waals surface area contributed by atoms with Crippen LogP contribution >= 0.6 is 0 Å². The Morgan fingerprint density at radius 1 is 1.52 bits per heavy atom. The lowest BCUT2D eigenvalue weighted by Gasteiger charge is -2.30. The van der Waals surface area contributed by atoms with E-state index in [4.69, 9.17) is 10.5 Å². The molecule has 2 rings (SSSR count). The number of carbonyl (C=O) groups excluding carboxylic acids is 1. The van der Waals surface area contributed by atoms with Gasteiger partial charge in [-0.2, -0.15) is 0 Å². The van der Waals surface area contributed by atoms with Gasteiger partial charge < -0.3 is 10.5 Å². The van der Waals surface area contributed by atoms with Gasteiger partial charge in [-0.3, -0.25) is 9.79 Å². The third-order valence-corrected chi connectivity index (χ3v) is 3.66. The summed E-state index contributed by atoms with van der Waals surface area (Å²) in [5, 5.41) is 0. The summed E-state index contributed by atoms with van der Waals surface area (Å²) >= 11 is 0. The van der Waals surface area contributed by atoms with Crippen molar-refractivity contribution in [2.45, 2.75) is 32.7 Å². The molecule has 1 heterocycles. The number of aliphatic imine (C=N–C) groups is 1. The number of hydrogen-bond donors (Lipinski definition) is 1. The molecule has 0 spiro atoms. The zero-order valence-corrected chi connectivity index (χ0v) is 12.6. The van der Waals surface area contributed by atoms with Crippen LogP contribution in [0.3, 0.4) is 0 Å². The lowest BCUT2D eigenvalue weighted by atomic mass is 9.89. The highest BCUT2D eigenvalue weighted by Gasteiger charge is 2.32. The summed E-state index contributed by atoms with van der Waals surface area (Å²) < 4.78 is 19.5. The van der Waals surface area contributed by atoms with E-state index in [2.05, 4.69) is 4.99 Å². The van der Waals surface area contributed by atoms with Gasteiger partial charge in [0, 0.05) is 17.9 Å². The van der Waals surface area contributed by atoms with Crippen LogP contribution in [-0.4, -0.2) is 24.8 Å². The molecule has 4 nitrogen and oxygen atoms in total. The van der Waals surface area contributed by atoms with Crippen molar-refractivity contribution in [2.24, 2.45) is 16.6 Å². The molecule has 21 heavy (non-hydrogen) atoms. The molecule has 0 fully saturated rings. The van der Waals surface area contributed by atoms with Crippen LogP contribution in [0, 0.1) is 11.7 Å². The second kappa shape index (κ2) is 5.93. The lowest BCUT2D eigenvalue weighted by Crippen LogP contribution is -2.38. The number of ketones is 1. The Labute approximate surface area is 124 Å². The Bertz CT molecular complexity index is 584. The number of hydrogen-bond acceptors (Lipinski definition) is 4. The second-order valence-corrected chi connectivity index (χ2v) is 5.98. The van der Waals surface area contributed by atoms with E-state index in [1.165, 1.54) is 6.07 Å². The minimum atomic E-state index is -0.844. The average molecular weight is 292 g/mol. The predicted molar refractivity (Wildman–Crippen MR) is 79.7 cm³/mol. The van der Waals surface area contributed by atoms with E-state index in [0.29, 0.717) is 17.8 Å². The summed E-state index contributed by atoms with van der Waals surface area (Å²) in [5.74, 6) is 0.0773. The maximum Gasteiger partial charge on any atom is 0.139 e. The summed E-state index contributed by atoms with van der Waals surface area (Å²) in [6.45, 7) is 6.03. The first-order valence-corrected chi connectivity index (χ1v) is 7.05. The van der Waals surface area contributed by atoms with Crippen molar-refractivity contribution in [3.63, 3.8) is 0 Å². The Morgan fingerprint density at radius 2 is 2.24 bits per heavy atom. The zero-order chi connectivity index (χ0) is 15.6. The van der Waals surface area contributed by atoms with Gasteiger partial charge in [0.2, 0.25) is 0 Å². The van der Waals surface area contributed by atoms with Gasteiger partial charge >= 0.3 is 0 Å². The Morgan fingerprint density at radius 3 is 2.86 bits per heavy atom. The van der Waals surface area contributed by atoms with Gasteiger partial charge in [0.25, 0.3) is 0 Å². The van der Waals surface area contributed by atoms with E-state index in [1.807, 2.05) is 13.8 Å². The summed E-state index contributed by atoms with van der Waals surface area (Å²) in [6, 6.07) is 4.71. The van der Waals surface area contributed by atoms with Crippen molar-refractivity contribution in [3.8, 4) is 0 Å². The van der Waals surface area contributed by atoms with Gasteiger partial charge in [0.05, 0.1) is 6.61 Å². The van der Waals surface area contributed by atoms with Gasteiger partial charge in [0.1, 0.15) is 29.6 Å². The number of carbonyl (C=O) groups is 1. The van der Waals surface area contributed by atoms with Crippen molar-refractivity contribution in [3.05, 3.63) is 35.1 Å². The minimum absolute atomic E-state index is 0.0410. The predicted octanol–water partition coefficient (Wildman–Crippen LogP) is 2.20. The molecule has 1 aromatic carbocycles. The molecule has 5 heteroatoms. The van der Waals surface area contributed by atoms with Gasteiger partial charge in [-0.1, -0.05) is 19.9 Å². The van der Waals surface area contributed by atoms with E-state index in [-0.39, 0.29) is 30.7 Å². The molecule has 0 saturated carbocycles. The highest BCUT2D eigenvalue weighted by atomic mass is 19.1. The van der Waals surface area contributed by atoms with E-state index >= 15 is 0 Å². The molecule has 0 bridgehead atoms. The Hall–Kier alpha value is -1.75. The maximum atomic E-state index is 14.2. The number of halogens is 1. The molecule has 2 N–H and O–H groups in total. The summed E-state index contributed by atoms with van der Waals surface area (Å²) in [4.78, 5) is 16.2. The summed E-state index contributed by atoms with van der Waals surface area (Å²) in [7, 11) is 0. The summed E-state index contributed by atoms with van der Waals surface area (Å²) in [5.41, 5.74) is 6.06.